The van der Waals surface area contributed by atoms with Gasteiger partial charge in [0.15, 0.2) is 0 Å². The Kier molecular flexibility index (Phi) is 3.92. The van der Waals surface area contributed by atoms with Crippen LogP contribution in [0.15, 0.2) is 65.1 Å². The van der Waals surface area contributed by atoms with Crippen LogP contribution in [-0.2, 0) is 0 Å². The van der Waals surface area contributed by atoms with E-state index in [2.05, 4.69) is 17.5 Å². The highest BCUT2D eigenvalue weighted by molar-refractivity contribution is 7.12. The average Bonchev–Trinajstić information content (AvgIpc) is 3.31. The molecule has 0 radical (unpaired) electrons. The third-order valence-electron chi connectivity index (χ3n) is 4.69. The number of hydrogen-bond donors (Lipinski definition) is 0. The minimum Gasteiger partial charge on any atom is -0.464 e. The number of hydrazone groups is 1. The van der Waals surface area contributed by atoms with Gasteiger partial charge in [0.05, 0.1) is 16.6 Å². The Morgan fingerprint density at radius 3 is 2.73 bits per heavy atom. The lowest BCUT2D eigenvalue weighted by atomic mass is 9.97. The molecule has 3 heterocycles. The van der Waals surface area contributed by atoms with E-state index in [1.807, 2.05) is 47.5 Å². The lowest BCUT2D eigenvalue weighted by molar-refractivity contribution is -0.0190. The highest BCUT2D eigenvalue weighted by Crippen LogP contribution is 2.48. The van der Waals surface area contributed by atoms with E-state index in [-0.39, 0.29) is 12.3 Å². The van der Waals surface area contributed by atoms with Gasteiger partial charge in [-0.25, -0.2) is 5.01 Å². The maximum atomic E-state index is 6.31. The van der Waals surface area contributed by atoms with Gasteiger partial charge < -0.3 is 4.74 Å². The van der Waals surface area contributed by atoms with Gasteiger partial charge in [0.2, 0.25) is 6.23 Å². The Hall–Kier alpha value is -2.01. The van der Waals surface area contributed by atoms with Crippen molar-refractivity contribution >= 4 is 40.3 Å². The van der Waals surface area contributed by atoms with E-state index in [4.69, 9.17) is 33.0 Å². The van der Waals surface area contributed by atoms with Crippen LogP contribution in [0, 0.1) is 0 Å². The quantitative estimate of drug-likeness (QED) is 0.504. The Morgan fingerprint density at radius 2 is 1.92 bits per heavy atom. The van der Waals surface area contributed by atoms with Gasteiger partial charge in [-0.15, -0.1) is 11.3 Å². The summed E-state index contributed by atoms with van der Waals surface area (Å²) >= 11 is 14.2. The molecule has 2 aliphatic heterocycles. The van der Waals surface area contributed by atoms with E-state index in [9.17, 15) is 0 Å². The van der Waals surface area contributed by atoms with Crippen molar-refractivity contribution in [3.8, 4) is 5.75 Å². The molecule has 0 aliphatic carbocycles. The second-order valence-corrected chi connectivity index (χ2v) is 8.15. The van der Waals surface area contributed by atoms with Crippen LogP contribution in [0.3, 0.4) is 0 Å². The molecule has 1 aromatic heterocycles. The summed E-state index contributed by atoms with van der Waals surface area (Å²) in [6.07, 6.45) is 0.513. The van der Waals surface area contributed by atoms with Gasteiger partial charge in [-0.2, -0.15) is 5.10 Å². The van der Waals surface area contributed by atoms with Crippen molar-refractivity contribution in [2.45, 2.75) is 18.7 Å². The molecule has 3 aromatic rings. The Labute approximate surface area is 165 Å². The van der Waals surface area contributed by atoms with Crippen molar-refractivity contribution in [1.82, 2.24) is 5.01 Å². The van der Waals surface area contributed by atoms with Gasteiger partial charge in [0, 0.05) is 27.6 Å². The molecule has 2 aliphatic rings. The SMILES string of the molecule is Clc1cccc([C@@H]2Oc3ccc(Cl)cc3[C@H]3CC(c4cccs4)=NN32)c1. The highest BCUT2D eigenvalue weighted by Gasteiger charge is 2.41. The average molecular weight is 401 g/mol. The normalized spacial score (nSPS) is 21.0. The fourth-order valence-corrected chi connectivity index (χ4v) is 4.63. The second kappa shape index (κ2) is 6.31. The largest absolute Gasteiger partial charge is 0.464 e. The van der Waals surface area contributed by atoms with Crippen molar-refractivity contribution in [3.63, 3.8) is 0 Å². The summed E-state index contributed by atoms with van der Waals surface area (Å²) < 4.78 is 6.31. The van der Waals surface area contributed by atoms with Crippen LogP contribution in [0.25, 0.3) is 0 Å². The van der Waals surface area contributed by atoms with Crippen molar-refractivity contribution in [3.05, 3.63) is 86.0 Å². The third kappa shape index (κ3) is 2.69. The maximum Gasteiger partial charge on any atom is 0.213 e. The summed E-state index contributed by atoms with van der Waals surface area (Å²) in [7, 11) is 0. The van der Waals surface area contributed by atoms with E-state index in [1.54, 1.807) is 11.3 Å². The fraction of sp³-hybridized carbons (Fsp3) is 0.150. The summed E-state index contributed by atoms with van der Waals surface area (Å²) in [6, 6.07) is 17.8. The number of halogens is 2. The minimum absolute atomic E-state index is 0.0959. The Bertz CT molecular complexity index is 1000. The second-order valence-electron chi connectivity index (χ2n) is 6.33. The van der Waals surface area contributed by atoms with Crippen LogP contribution in [0.4, 0.5) is 0 Å². The summed E-state index contributed by atoms with van der Waals surface area (Å²) in [5, 5.41) is 10.4. The van der Waals surface area contributed by atoms with E-state index in [1.165, 1.54) is 4.88 Å². The van der Waals surface area contributed by atoms with Gasteiger partial charge in [0.1, 0.15) is 5.75 Å². The maximum absolute atomic E-state index is 6.31. The molecule has 26 heavy (non-hydrogen) atoms. The zero-order valence-electron chi connectivity index (χ0n) is 13.6. The Balaban J connectivity index is 1.63. The molecule has 0 amide bonds. The first kappa shape index (κ1) is 16.2. The lowest BCUT2D eigenvalue weighted by Crippen LogP contribution is -2.33. The fourth-order valence-electron chi connectivity index (χ4n) is 3.53. The van der Waals surface area contributed by atoms with Crippen LogP contribution >= 0.6 is 34.5 Å². The molecule has 0 saturated heterocycles. The number of rotatable bonds is 2. The van der Waals surface area contributed by atoms with Crippen LogP contribution in [-0.4, -0.2) is 10.7 Å². The zero-order chi connectivity index (χ0) is 17.7. The lowest BCUT2D eigenvalue weighted by Gasteiger charge is -2.38. The molecule has 2 atom stereocenters. The first-order valence-corrected chi connectivity index (χ1v) is 9.94. The van der Waals surface area contributed by atoms with Crippen molar-refractivity contribution in [2.75, 3.05) is 0 Å². The first-order valence-electron chi connectivity index (χ1n) is 8.30. The van der Waals surface area contributed by atoms with E-state index < -0.39 is 0 Å². The van der Waals surface area contributed by atoms with Crippen LogP contribution in [0.5, 0.6) is 5.75 Å². The molecule has 0 bridgehead atoms. The van der Waals surface area contributed by atoms with Crippen molar-refractivity contribution in [2.24, 2.45) is 5.10 Å². The van der Waals surface area contributed by atoms with E-state index >= 15 is 0 Å². The van der Waals surface area contributed by atoms with E-state index in [0.717, 1.165) is 29.0 Å². The standard InChI is InChI=1S/C20H14Cl2N2OS/c21-13-4-1-3-12(9-13)20-24-17(11-16(23-24)19-5-2-8-26-19)15-10-14(22)6-7-18(15)25-20/h1-10,17,20H,11H2/t17-,20+/m1/s1. The summed E-state index contributed by atoms with van der Waals surface area (Å²) in [4.78, 5) is 1.19. The van der Waals surface area contributed by atoms with Crippen LogP contribution in [0.2, 0.25) is 10.0 Å². The number of nitrogens with zero attached hydrogens (tertiary/aromatic N) is 2. The molecular weight excluding hydrogens is 387 g/mol. The number of ether oxygens (including phenoxy) is 1. The smallest absolute Gasteiger partial charge is 0.213 e. The van der Waals surface area contributed by atoms with Gasteiger partial charge >= 0.3 is 0 Å². The molecule has 2 aromatic carbocycles. The monoisotopic (exact) mass is 400 g/mol. The molecule has 0 spiro atoms. The van der Waals surface area contributed by atoms with Crippen molar-refractivity contribution < 1.29 is 4.74 Å². The van der Waals surface area contributed by atoms with Gasteiger partial charge in [-0.3, -0.25) is 0 Å². The number of benzene rings is 2. The van der Waals surface area contributed by atoms with Crippen LogP contribution in [0.1, 0.15) is 34.7 Å². The summed E-state index contributed by atoms with van der Waals surface area (Å²) in [6.45, 7) is 0. The van der Waals surface area contributed by atoms with E-state index in [0.29, 0.717) is 10.0 Å². The third-order valence-corrected chi connectivity index (χ3v) is 6.08. The van der Waals surface area contributed by atoms with Gasteiger partial charge in [-0.1, -0.05) is 41.4 Å². The minimum atomic E-state index is -0.315. The zero-order valence-corrected chi connectivity index (χ0v) is 15.9. The molecule has 0 saturated carbocycles. The molecule has 0 N–H and O–H groups in total. The number of thiophene rings is 1. The molecule has 130 valence electrons. The molecular formula is C20H14Cl2N2OS. The predicted octanol–water partition coefficient (Wildman–Crippen LogP) is 6.30. The number of fused-ring (bicyclic) bond motifs is 3. The highest BCUT2D eigenvalue weighted by atomic mass is 35.5. The van der Waals surface area contributed by atoms with Gasteiger partial charge in [0.25, 0.3) is 0 Å². The molecule has 0 unspecified atom stereocenters. The molecule has 5 rings (SSSR count). The predicted molar refractivity (Wildman–Crippen MR) is 106 cm³/mol. The topological polar surface area (TPSA) is 24.8 Å². The summed E-state index contributed by atoms with van der Waals surface area (Å²) in [5.41, 5.74) is 3.14. The van der Waals surface area contributed by atoms with Crippen molar-refractivity contribution in [1.29, 1.82) is 0 Å². The number of hydrogen-bond acceptors (Lipinski definition) is 4. The van der Waals surface area contributed by atoms with Crippen LogP contribution < -0.4 is 4.74 Å². The van der Waals surface area contributed by atoms with Gasteiger partial charge in [-0.05, 0) is 41.8 Å². The molecule has 3 nitrogen and oxygen atoms in total. The summed E-state index contributed by atoms with van der Waals surface area (Å²) in [5.74, 6) is 0.850. The Morgan fingerprint density at radius 1 is 1.04 bits per heavy atom. The first-order chi connectivity index (χ1) is 12.7. The molecule has 0 fully saturated rings. The molecule has 6 heteroatoms.